The summed E-state index contributed by atoms with van der Waals surface area (Å²) in [6.45, 7) is 3.88. The first-order valence-corrected chi connectivity index (χ1v) is 10.8. The number of hydrogen-bond acceptors (Lipinski definition) is 2. The van der Waals surface area contributed by atoms with Gasteiger partial charge in [0.05, 0.1) is 13.2 Å². The Bertz CT molecular complexity index is 1010. The fourth-order valence-electron chi connectivity index (χ4n) is 3.27. The number of ether oxygens (including phenoxy) is 2. The first-order chi connectivity index (χ1) is 15.9. The van der Waals surface area contributed by atoms with Crippen molar-refractivity contribution in [1.82, 2.24) is 0 Å². The normalized spacial score (nSPS) is 11.9. The average molecular weight is 455 g/mol. The molecule has 0 bridgehead atoms. The molecule has 3 rings (SSSR count). The first kappa shape index (κ1) is 24.1. The van der Waals surface area contributed by atoms with E-state index in [1.165, 1.54) is 4.57 Å². The van der Waals surface area contributed by atoms with Gasteiger partial charge in [0.25, 0.3) is 0 Å². The summed E-state index contributed by atoms with van der Waals surface area (Å²) in [6.07, 6.45) is 2.61. The van der Waals surface area contributed by atoms with Gasteiger partial charge >= 0.3 is 6.18 Å². The molecular formula is C27H27F3NO2+. The molecule has 2 aromatic carbocycles. The van der Waals surface area contributed by atoms with Crippen molar-refractivity contribution in [2.75, 3.05) is 13.2 Å². The number of rotatable bonds is 9. The van der Waals surface area contributed by atoms with E-state index < -0.39 is 12.7 Å². The van der Waals surface area contributed by atoms with Gasteiger partial charge in [0.2, 0.25) is 17.9 Å². The van der Waals surface area contributed by atoms with E-state index in [0.29, 0.717) is 24.6 Å². The molecule has 1 aromatic heterocycles. The molecule has 0 N–H and O–H groups in total. The molecule has 172 valence electrons. The fraction of sp³-hybridized carbons (Fsp3) is 0.222. The van der Waals surface area contributed by atoms with Crippen LogP contribution in [0.2, 0.25) is 0 Å². The van der Waals surface area contributed by atoms with Crippen LogP contribution < -0.4 is 14.0 Å². The molecule has 0 aliphatic heterocycles. The number of hydrogen-bond donors (Lipinski definition) is 0. The van der Waals surface area contributed by atoms with Crippen LogP contribution in [0.3, 0.4) is 0 Å². The molecule has 0 amide bonds. The lowest BCUT2D eigenvalue weighted by Crippen LogP contribution is -2.46. The first-order valence-electron chi connectivity index (χ1n) is 10.8. The predicted octanol–water partition coefficient (Wildman–Crippen LogP) is 6.67. The maximum atomic E-state index is 13.4. The number of halogens is 3. The summed E-state index contributed by atoms with van der Waals surface area (Å²) < 4.78 is 52.2. The zero-order valence-corrected chi connectivity index (χ0v) is 18.7. The van der Waals surface area contributed by atoms with E-state index in [2.05, 4.69) is 0 Å². The lowest BCUT2D eigenvalue weighted by molar-refractivity contribution is -0.722. The predicted molar refractivity (Wildman–Crippen MR) is 126 cm³/mol. The van der Waals surface area contributed by atoms with Crippen molar-refractivity contribution in [3.8, 4) is 11.5 Å². The summed E-state index contributed by atoms with van der Waals surface area (Å²) in [6, 6.07) is 19.9. The number of pyridine rings is 1. The molecule has 6 heteroatoms. The van der Waals surface area contributed by atoms with E-state index in [0.717, 1.165) is 22.6 Å². The Morgan fingerprint density at radius 1 is 0.667 bits per heavy atom. The molecule has 0 saturated heterocycles. The second-order valence-electron chi connectivity index (χ2n) is 7.25. The number of aromatic nitrogens is 1. The third-order valence-corrected chi connectivity index (χ3v) is 4.77. The molecular weight excluding hydrogens is 427 g/mol. The molecule has 0 atom stereocenters. The van der Waals surface area contributed by atoms with Gasteiger partial charge in [-0.25, -0.2) is 0 Å². The van der Waals surface area contributed by atoms with Gasteiger partial charge in [-0.3, -0.25) is 0 Å². The van der Waals surface area contributed by atoms with Crippen LogP contribution in [0.4, 0.5) is 13.2 Å². The van der Waals surface area contributed by atoms with E-state index in [4.69, 9.17) is 9.47 Å². The largest absolute Gasteiger partial charge is 0.494 e. The highest BCUT2D eigenvalue weighted by molar-refractivity contribution is 5.69. The van der Waals surface area contributed by atoms with Crippen LogP contribution in [0.15, 0.2) is 66.7 Å². The van der Waals surface area contributed by atoms with E-state index in [1.54, 1.807) is 42.5 Å². The Morgan fingerprint density at radius 3 is 1.45 bits per heavy atom. The summed E-state index contributed by atoms with van der Waals surface area (Å²) in [5.41, 5.74) is 2.64. The maximum Gasteiger partial charge on any atom is 0.448 e. The van der Waals surface area contributed by atoms with Crippen molar-refractivity contribution >= 4 is 24.3 Å². The molecule has 3 nitrogen and oxygen atoms in total. The summed E-state index contributed by atoms with van der Waals surface area (Å²) in [5.74, 6) is 1.51. The number of nitrogens with zero attached hydrogens (tertiary/aromatic N) is 1. The van der Waals surface area contributed by atoms with Crippen molar-refractivity contribution in [2.45, 2.75) is 26.6 Å². The fourth-order valence-corrected chi connectivity index (χ4v) is 3.27. The summed E-state index contributed by atoms with van der Waals surface area (Å²) >= 11 is 0. The number of benzene rings is 2. The molecule has 0 spiro atoms. The van der Waals surface area contributed by atoms with E-state index in [-0.39, 0.29) is 0 Å². The lowest BCUT2D eigenvalue weighted by atomic mass is 10.1. The highest BCUT2D eigenvalue weighted by Crippen LogP contribution is 2.19. The monoisotopic (exact) mass is 454 g/mol. The van der Waals surface area contributed by atoms with Crippen LogP contribution in [0.1, 0.15) is 36.4 Å². The number of alkyl halides is 3. The van der Waals surface area contributed by atoms with Crippen LogP contribution in [-0.2, 0) is 6.54 Å². The van der Waals surface area contributed by atoms with Crippen LogP contribution in [0.5, 0.6) is 11.5 Å². The Kier molecular flexibility index (Phi) is 8.30. The topological polar surface area (TPSA) is 22.3 Å². The molecule has 0 unspecified atom stereocenters. The lowest BCUT2D eigenvalue weighted by Gasteiger charge is -2.08. The van der Waals surface area contributed by atoms with E-state index in [9.17, 15) is 13.2 Å². The van der Waals surface area contributed by atoms with Gasteiger partial charge in [0.15, 0.2) is 0 Å². The Hall–Kier alpha value is -3.54. The van der Waals surface area contributed by atoms with Crippen molar-refractivity contribution in [3.05, 3.63) is 89.2 Å². The molecule has 0 fully saturated rings. The zero-order valence-electron chi connectivity index (χ0n) is 18.7. The summed E-state index contributed by atoms with van der Waals surface area (Å²) in [7, 11) is 0. The smallest absolute Gasteiger partial charge is 0.448 e. The SMILES string of the molecule is CCOc1ccc(/C=C/c2cccc(/C=C/c3ccc(OCC)cc3)[n+]2CC(F)(F)F)cc1. The molecule has 33 heavy (non-hydrogen) atoms. The van der Waals surface area contributed by atoms with Crippen molar-refractivity contribution in [1.29, 1.82) is 0 Å². The van der Waals surface area contributed by atoms with Gasteiger partial charge in [0.1, 0.15) is 11.5 Å². The quantitative estimate of drug-likeness (QED) is 0.337. The minimum atomic E-state index is -4.35. The maximum absolute atomic E-state index is 13.4. The molecule has 0 aliphatic rings. The highest BCUT2D eigenvalue weighted by Gasteiger charge is 2.35. The van der Waals surface area contributed by atoms with Gasteiger partial charge in [-0.05, 0) is 67.5 Å². The highest BCUT2D eigenvalue weighted by atomic mass is 19.4. The van der Waals surface area contributed by atoms with E-state index >= 15 is 0 Å². The second kappa shape index (κ2) is 11.4. The van der Waals surface area contributed by atoms with Crippen LogP contribution in [-0.4, -0.2) is 19.4 Å². The van der Waals surface area contributed by atoms with Crippen LogP contribution in [0.25, 0.3) is 24.3 Å². The molecule has 3 aromatic rings. The third kappa shape index (κ3) is 7.52. The Labute approximate surface area is 192 Å². The summed E-state index contributed by atoms with van der Waals surface area (Å²) in [5, 5.41) is 0. The van der Waals surface area contributed by atoms with E-state index in [1.807, 2.05) is 62.4 Å². The average Bonchev–Trinajstić information content (AvgIpc) is 2.79. The van der Waals surface area contributed by atoms with Crippen LogP contribution >= 0.6 is 0 Å². The molecule has 0 aliphatic carbocycles. The van der Waals surface area contributed by atoms with Gasteiger partial charge in [0, 0.05) is 24.3 Å². The van der Waals surface area contributed by atoms with Gasteiger partial charge < -0.3 is 9.47 Å². The second-order valence-corrected chi connectivity index (χ2v) is 7.25. The van der Waals surface area contributed by atoms with Crippen molar-refractivity contribution in [2.24, 2.45) is 0 Å². The molecule has 1 heterocycles. The minimum Gasteiger partial charge on any atom is -0.494 e. The Morgan fingerprint density at radius 2 is 1.09 bits per heavy atom. The minimum absolute atomic E-state index is 0.454. The zero-order chi connectivity index (χ0) is 23.7. The van der Waals surface area contributed by atoms with Crippen molar-refractivity contribution in [3.63, 3.8) is 0 Å². The summed E-state index contributed by atoms with van der Waals surface area (Å²) in [4.78, 5) is 0. The third-order valence-electron chi connectivity index (χ3n) is 4.77. The van der Waals surface area contributed by atoms with Gasteiger partial charge in [-0.15, -0.1) is 0 Å². The standard InChI is InChI=1S/C27H27F3NO2/c1-3-32-25-16-10-21(11-17-25)8-14-23-6-5-7-24(31(23)20-27(28,29)30)15-9-22-12-18-26(19-13-22)33-4-2/h5-19H,3-4,20H2,1-2H3/q+1/b14-8+,15-9+. The molecule has 0 radical (unpaired) electrons. The van der Waals surface area contributed by atoms with Crippen LogP contribution in [0, 0.1) is 0 Å². The molecule has 0 saturated carbocycles. The van der Waals surface area contributed by atoms with Gasteiger partial charge in [-0.2, -0.15) is 17.7 Å². The van der Waals surface area contributed by atoms with Gasteiger partial charge in [-0.1, -0.05) is 24.3 Å². The van der Waals surface area contributed by atoms with Crippen molar-refractivity contribution < 1.29 is 27.2 Å². The Balaban J connectivity index is 1.88.